The minimum absolute atomic E-state index is 0.0613. The van der Waals surface area contributed by atoms with Crippen LogP contribution in [0.2, 0.25) is 0 Å². The van der Waals surface area contributed by atoms with Crippen LogP contribution in [0, 0.1) is 19.7 Å². The maximum Gasteiger partial charge on any atom is 0.251 e. The Hall–Kier alpha value is -3.25. The van der Waals surface area contributed by atoms with Crippen LogP contribution in [0.25, 0.3) is 0 Å². The highest BCUT2D eigenvalue weighted by Crippen LogP contribution is 2.26. The Labute approximate surface area is 182 Å². The fraction of sp³-hybridized carbons (Fsp3) is 0.280. The summed E-state index contributed by atoms with van der Waals surface area (Å²) in [5.41, 5.74) is 4.31. The van der Waals surface area contributed by atoms with Crippen molar-refractivity contribution in [3.63, 3.8) is 0 Å². The number of nitrogens with one attached hydrogen (secondary N) is 1. The molecule has 0 bridgehead atoms. The molecule has 0 aliphatic carbocycles. The maximum absolute atomic E-state index is 13.2. The largest absolute Gasteiger partial charge is 0.488 e. The summed E-state index contributed by atoms with van der Waals surface area (Å²) < 4.78 is 19.2. The number of hydrogen-bond acceptors (Lipinski definition) is 4. The lowest BCUT2D eigenvalue weighted by Gasteiger charge is -2.25. The average Bonchev–Trinajstić information content (AvgIpc) is 2.74. The smallest absolute Gasteiger partial charge is 0.251 e. The molecule has 162 valence electrons. The van der Waals surface area contributed by atoms with Gasteiger partial charge in [0, 0.05) is 30.1 Å². The number of halogens is 1. The van der Waals surface area contributed by atoms with Crippen molar-refractivity contribution in [2.45, 2.75) is 26.5 Å². The summed E-state index contributed by atoms with van der Waals surface area (Å²) in [5, 5.41) is 3.00. The lowest BCUT2D eigenvalue weighted by molar-refractivity contribution is 0.0941. The Kier molecular flexibility index (Phi) is 7.36. The van der Waals surface area contributed by atoms with Gasteiger partial charge in [-0.1, -0.05) is 18.2 Å². The molecule has 1 aromatic heterocycles. The van der Waals surface area contributed by atoms with Crippen molar-refractivity contribution in [1.29, 1.82) is 0 Å². The zero-order chi connectivity index (χ0) is 22.4. The Morgan fingerprint density at radius 1 is 1.13 bits per heavy atom. The fourth-order valence-electron chi connectivity index (χ4n) is 3.52. The average molecular weight is 422 g/mol. The van der Waals surface area contributed by atoms with Crippen LogP contribution in [-0.2, 0) is 6.61 Å². The number of hydrogen-bond donors (Lipinski definition) is 1. The summed E-state index contributed by atoms with van der Waals surface area (Å²) in [6.45, 7) is 4.70. The second-order valence-electron chi connectivity index (χ2n) is 7.83. The van der Waals surface area contributed by atoms with E-state index >= 15 is 0 Å². The molecule has 1 N–H and O–H groups in total. The van der Waals surface area contributed by atoms with Gasteiger partial charge in [-0.05, 0) is 75.0 Å². The van der Waals surface area contributed by atoms with Gasteiger partial charge in [0.15, 0.2) is 0 Å². The van der Waals surface area contributed by atoms with Gasteiger partial charge in [-0.25, -0.2) is 4.39 Å². The van der Waals surface area contributed by atoms with Crippen LogP contribution in [0.4, 0.5) is 4.39 Å². The van der Waals surface area contributed by atoms with Crippen LogP contribution in [0.3, 0.4) is 0 Å². The molecule has 3 rings (SSSR count). The van der Waals surface area contributed by atoms with Crippen molar-refractivity contribution in [3.8, 4) is 5.75 Å². The first-order valence-corrected chi connectivity index (χ1v) is 10.2. The highest BCUT2D eigenvalue weighted by molar-refractivity contribution is 5.95. The second kappa shape index (κ2) is 10.2. The second-order valence-corrected chi connectivity index (χ2v) is 7.83. The van der Waals surface area contributed by atoms with Gasteiger partial charge < -0.3 is 15.0 Å². The molecule has 0 radical (unpaired) electrons. The number of rotatable bonds is 8. The Morgan fingerprint density at radius 2 is 1.81 bits per heavy atom. The number of ether oxygens (including phenoxy) is 1. The third kappa shape index (κ3) is 5.89. The zero-order valence-electron chi connectivity index (χ0n) is 18.4. The van der Waals surface area contributed by atoms with Gasteiger partial charge in [0.2, 0.25) is 0 Å². The molecular formula is C25H28FN3O2. The summed E-state index contributed by atoms with van der Waals surface area (Å²) in [7, 11) is 3.87. The molecule has 0 spiro atoms. The third-order valence-corrected chi connectivity index (χ3v) is 5.16. The first kappa shape index (κ1) is 22.4. The summed E-state index contributed by atoms with van der Waals surface area (Å²) >= 11 is 0. The number of benzene rings is 2. The van der Waals surface area contributed by atoms with Crippen molar-refractivity contribution in [2.75, 3.05) is 20.6 Å². The standard InChI is InChI=1S/C25H28FN3O2/c1-17-12-21(13-18(2)24(17)31-16-19-6-5-11-27-14-19)25(30)28-15-23(29(3)4)20-7-9-22(26)10-8-20/h5-14,23H,15-16H2,1-4H3,(H,28,30). The van der Waals surface area contributed by atoms with Gasteiger partial charge in [0.05, 0.1) is 6.04 Å². The van der Waals surface area contributed by atoms with Gasteiger partial charge in [-0.3, -0.25) is 9.78 Å². The van der Waals surface area contributed by atoms with E-state index in [1.165, 1.54) is 12.1 Å². The van der Waals surface area contributed by atoms with Crippen molar-refractivity contribution < 1.29 is 13.9 Å². The van der Waals surface area contributed by atoms with E-state index in [1.807, 2.05) is 57.1 Å². The van der Waals surface area contributed by atoms with E-state index < -0.39 is 0 Å². The maximum atomic E-state index is 13.2. The van der Waals surface area contributed by atoms with E-state index in [0.29, 0.717) is 18.7 Å². The number of likely N-dealkylation sites (N-methyl/N-ethyl adjacent to an activating group) is 1. The van der Waals surface area contributed by atoms with Crippen LogP contribution >= 0.6 is 0 Å². The molecule has 1 atom stereocenters. The van der Waals surface area contributed by atoms with Crippen LogP contribution < -0.4 is 10.1 Å². The lowest BCUT2D eigenvalue weighted by atomic mass is 10.0. The van der Waals surface area contributed by atoms with Crippen LogP contribution in [-0.4, -0.2) is 36.4 Å². The molecule has 0 fully saturated rings. The molecule has 31 heavy (non-hydrogen) atoms. The van der Waals surface area contributed by atoms with Gasteiger partial charge in [-0.15, -0.1) is 0 Å². The molecule has 5 nitrogen and oxygen atoms in total. The zero-order valence-corrected chi connectivity index (χ0v) is 18.4. The summed E-state index contributed by atoms with van der Waals surface area (Å²) in [4.78, 5) is 18.9. The number of aryl methyl sites for hydroxylation is 2. The fourth-order valence-corrected chi connectivity index (χ4v) is 3.52. The minimum atomic E-state index is -0.276. The molecular weight excluding hydrogens is 393 g/mol. The molecule has 1 heterocycles. The summed E-state index contributed by atoms with van der Waals surface area (Å²) in [6.07, 6.45) is 3.50. The minimum Gasteiger partial charge on any atom is -0.488 e. The predicted octanol–water partition coefficient (Wildman–Crippen LogP) is 4.45. The topological polar surface area (TPSA) is 54.5 Å². The van der Waals surface area contributed by atoms with Gasteiger partial charge >= 0.3 is 0 Å². The van der Waals surface area contributed by atoms with E-state index in [-0.39, 0.29) is 17.8 Å². The SMILES string of the molecule is Cc1cc(C(=O)NCC(c2ccc(F)cc2)N(C)C)cc(C)c1OCc1cccnc1. The Bertz CT molecular complexity index is 998. The predicted molar refractivity (Wildman–Crippen MR) is 120 cm³/mol. The normalized spacial score (nSPS) is 11.9. The van der Waals surface area contributed by atoms with Crippen molar-refractivity contribution in [3.05, 3.63) is 94.6 Å². The highest BCUT2D eigenvalue weighted by atomic mass is 19.1. The van der Waals surface area contributed by atoms with E-state index in [1.54, 1.807) is 24.5 Å². The first-order valence-electron chi connectivity index (χ1n) is 10.2. The molecule has 1 unspecified atom stereocenters. The quantitative estimate of drug-likeness (QED) is 0.584. The van der Waals surface area contributed by atoms with Gasteiger partial charge in [0.25, 0.3) is 5.91 Å². The number of pyridine rings is 1. The molecule has 3 aromatic rings. The number of carbonyl (C=O) groups is 1. The number of carbonyl (C=O) groups excluding carboxylic acids is 1. The molecule has 0 aliphatic rings. The van der Waals surface area contributed by atoms with E-state index in [4.69, 9.17) is 4.74 Å². The highest BCUT2D eigenvalue weighted by Gasteiger charge is 2.17. The molecule has 0 saturated carbocycles. The summed E-state index contributed by atoms with van der Waals surface area (Å²) in [5.74, 6) is 0.346. The van der Waals surface area contributed by atoms with E-state index in [2.05, 4.69) is 10.3 Å². The Balaban J connectivity index is 1.67. The Morgan fingerprint density at radius 3 is 2.39 bits per heavy atom. The lowest BCUT2D eigenvalue weighted by Crippen LogP contribution is -2.34. The molecule has 2 aromatic carbocycles. The van der Waals surface area contributed by atoms with Crippen molar-refractivity contribution in [1.82, 2.24) is 15.2 Å². The molecule has 1 amide bonds. The molecule has 0 aliphatic heterocycles. The van der Waals surface area contributed by atoms with Crippen LogP contribution in [0.5, 0.6) is 5.75 Å². The number of aromatic nitrogens is 1. The van der Waals surface area contributed by atoms with Crippen LogP contribution in [0.15, 0.2) is 60.9 Å². The van der Waals surface area contributed by atoms with Gasteiger partial charge in [-0.2, -0.15) is 0 Å². The first-order chi connectivity index (χ1) is 14.8. The van der Waals surface area contributed by atoms with E-state index in [9.17, 15) is 9.18 Å². The van der Waals surface area contributed by atoms with Gasteiger partial charge in [0.1, 0.15) is 18.2 Å². The van der Waals surface area contributed by atoms with Crippen molar-refractivity contribution >= 4 is 5.91 Å². The third-order valence-electron chi connectivity index (χ3n) is 5.16. The van der Waals surface area contributed by atoms with E-state index in [0.717, 1.165) is 28.0 Å². The summed E-state index contributed by atoms with van der Waals surface area (Å²) in [6, 6.07) is 13.8. The molecule has 6 heteroatoms. The van der Waals surface area contributed by atoms with Crippen LogP contribution in [0.1, 0.15) is 38.7 Å². The molecule has 0 saturated heterocycles. The van der Waals surface area contributed by atoms with Crippen molar-refractivity contribution in [2.24, 2.45) is 0 Å². The number of nitrogens with zero attached hydrogens (tertiary/aromatic N) is 2. The monoisotopic (exact) mass is 421 g/mol. The number of amides is 1.